The van der Waals surface area contributed by atoms with Gasteiger partial charge in [0.05, 0.1) is 16.3 Å². The molecule has 0 spiro atoms. The maximum Gasteiger partial charge on any atom is 0.226 e. The largest absolute Gasteiger partial charge is 0.383 e. The van der Waals surface area contributed by atoms with Crippen LogP contribution in [-0.2, 0) is 0 Å². The van der Waals surface area contributed by atoms with Crippen LogP contribution >= 0.6 is 23.2 Å². The molecular weight excluding hydrogens is 535 g/mol. The summed E-state index contributed by atoms with van der Waals surface area (Å²) in [7, 11) is 0. The average molecular weight is 570 g/mol. The molecule has 0 aliphatic rings. The second kappa shape index (κ2) is 13.1. The van der Waals surface area contributed by atoms with Gasteiger partial charge in [0.1, 0.15) is 11.6 Å². The number of fused-ring (bicyclic) bond motifs is 1. The van der Waals surface area contributed by atoms with Crippen LogP contribution in [0.25, 0.3) is 16.9 Å². The molecule has 0 radical (unpaired) electrons. The van der Waals surface area contributed by atoms with Crippen LogP contribution in [-0.4, -0.2) is 43.4 Å². The Hall–Kier alpha value is -3.43. The number of ketones is 1. The molecule has 9 nitrogen and oxygen atoms in total. The van der Waals surface area contributed by atoms with Crippen LogP contribution in [0.1, 0.15) is 75.0 Å². The van der Waals surface area contributed by atoms with E-state index in [4.69, 9.17) is 44.0 Å². The van der Waals surface area contributed by atoms with Crippen molar-refractivity contribution < 1.29 is 4.79 Å². The number of carbonyl (C=O) groups is 1. The Morgan fingerprint density at radius 1 is 0.974 bits per heavy atom. The van der Waals surface area contributed by atoms with Crippen LogP contribution in [0.5, 0.6) is 0 Å². The average Bonchev–Trinajstić information content (AvgIpc) is 3.35. The summed E-state index contributed by atoms with van der Waals surface area (Å²) in [4.78, 5) is 26.0. The van der Waals surface area contributed by atoms with E-state index in [1.807, 2.05) is 12.1 Å². The third-order valence-electron chi connectivity index (χ3n) is 6.45. The second-order valence-corrected chi connectivity index (χ2v) is 10.2. The first-order chi connectivity index (χ1) is 18.8. The minimum Gasteiger partial charge on any atom is -0.383 e. The monoisotopic (exact) mass is 568 g/mol. The van der Waals surface area contributed by atoms with Gasteiger partial charge in [0, 0.05) is 42.1 Å². The van der Waals surface area contributed by atoms with Gasteiger partial charge in [-0.2, -0.15) is 4.52 Å². The number of nitrogen functional groups attached to an aromatic ring is 1. The molecule has 0 fully saturated rings. The van der Waals surface area contributed by atoms with E-state index in [-0.39, 0.29) is 17.5 Å². The van der Waals surface area contributed by atoms with Gasteiger partial charge in [0.25, 0.3) is 0 Å². The highest BCUT2D eigenvalue weighted by atomic mass is 35.5. The van der Waals surface area contributed by atoms with E-state index >= 15 is 0 Å². The number of anilines is 3. The van der Waals surface area contributed by atoms with Gasteiger partial charge in [-0.05, 0) is 43.2 Å². The minimum atomic E-state index is -0.0312. The Kier molecular flexibility index (Phi) is 9.59. The van der Waals surface area contributed by atoms with Crippen molar-refractivity contribution in [2.75, 3.05) is 29.5 Å². The van der Waals surface area contributed by atoms with Gasteiger partial charge in [0.2, 0.25) is 5.95 Å². The molecule has 1 aromatic carbocycles. The third kappa shape index (κ3) is 6.78. The fourth-order valence-corrected chi connectivity index (χ4v) is 5.00. The highest BCUT2D eigenvalue weighted by Gasteiger charge is 2.19. The summed E-state index contributed by atoms with van der Waals surface area (Å²) < 4.78 is 1.75. The Morgan fingerprint density at radius 2 is 1.72 bits per heavy atom. The van der Waals surface area contributed by atoms with Crippen LogP contribution in [0.3, 0.4) is 0 Å². The van der Waals surface area contributed by atoms with E-state index in [2.05, 4.69) is 29.5 Å². The van der Waals surface area contributed by atoms with E-state index in [0.717, 1.165) is 37.1 Å². The van der Waals surface area contributed by atoms with Crippen molar-refractivity contribution in [2.24, 2.45) is 0 Å². The van der Waals surface area contributed by atoms with E-state index in [0.29, 0.717) is 58.2 Å². The zero-order valence-corrected chi connectivity index (χ0v) is 24.0. The first-order valence-corrected chi connectivity index (χ1v) is 14.1. The Balaban J connectivity index is 1.59. The smallest absolute Gasteiger partial charge is 0.226 e. The minimum absolute atomic E-state index is 0.0312. The molecule has 0 saturated heterocycles. The summed E-state index contributed by atoms with van der Waals surface area (Å²) in [5.74, 6) is 2.44. The molecule has 11 heteroatoms. The van der Waals surface area contributed by atoms with Crippen molar-refractivity contribution in [1.82, 2.24) is 24.6 Å². The molecule has 0 aliphatic heterocycles. The number of nitrogens with two attached hydrogens (primary N) is 1. The molecule has 39 heavy (non-hydrogen) atoms. The Morgan fingerprint density at radius 3 is 2.38 bits per heavy atom. The number of Topliss-reactive ketones (excluding diaryl/α,β-unsaturated/α-hetero) is 1. The molecule has 0 saturated carbocycles. The van der Waals surface area contributed by atoms with Gasteiger partial charge < -0.3 is 16.4 Å². The zero-order valence-electron chi connectivity index (χ0n) is 22.5. The fourth-order valence-electron chi connectivity index (χ4n) is 4.49. The molecule has 0 atom stereocenters. The van der Waals surface area contributed by atoms with Crippen molar-refractivity contribution in [3.05, 3.63) is 57.8 Å². The van der Waals surface area contributed by atoms with Crippen LogP contribution in [0.2, 0.25) is 10.0 Å². The highest BCUT2D eigenvalue weighted by Crippen LogP contribution is 2.31. The van der Waals surface area contributed by atoms with Crippen molar-refractivity contribution in [3.8, 4) is 11.3 Å². The number of hydrogen-bond acceptors (Lipinski definition) is 8. The van der Waals surface area contributed by atoms with E-state index < -0.39 is 0 Å². The number of benzene rings is 1. The number of carbonyl (C=O) groups excluding carboxylic acids is 1. The van der Waals surface area contributed by atoms with Gasteiger partial charge in [-0.25, -0.2) is 15.0 Å². The molecule has 0 bridgehead atoms. The first kappa shape index (κ1) is 28.6. The van der Waals surface area contributed by atoms with Crippen LogP contribution in [0.4, 0.5) is 17.6 Å². The second-order valence-electron chi connectivity index (χ2n) is 9.36. The Labute approximate surface area is 238 Å². The molecular formula is C28H34Cl2N8O. The number of pyridine rings is 1. The molecule has 3 heterocycles. The molecule has 3 aromatic heterocycles. The van der Waals surface area contributed by atoms with E-state index in [1.54, 1.807) is 35.7 Å². The van der Waals surface area contributed by atoms with Gasteiger partial charge in [-0.15, -0.1) is 5.10 Å². The highest BCUT2D eigenvalue weighted by molar-refractivity contribution is 6.36. The standard InChI is InChI=1S/C28H34Cl2N8O/c1-4-7-17(8-5-2)27-36-25-16-22(19-10-9-18(29)15-21(19)30)34-28(38(25)37-27)33-14-13-32-24-12-11-20(23(39)6-3)26(31)35-24/h9-12,15-17H,4-8,13-14H2,1-3H3,(H,33,34)(H3,31,32,35). The molecule has 206 valence electrons. The predicted molar refractivity (Wildman–Crippen MR) is 159 cm³/mol. The maximum atomic E-state index is 12.0. The number of nitrogens with one attached hydrogen (secondary N) is 2. The Bertz CT molecular complexity index is 1450. The fraction of sp³-hybridized carbons (Fsp3) is 0.393. The number of nitrogens with zero attached hydrogens (tertiary/aromatic N) is 5. The lowest BCUT2D eigenvalue weighted by Crippen LogP contribution is -2.18. The van der Waals surface area contributed by atoms with E-state index in [9.17, 15) is 4.79 Å². The van der Waals surface area contributed by atoms with Crippen LogP contribution < -0.4 is 16.4 Å². The van der Waals surface area contributed by atoms with Crippen molar-refractivity contribution in [2.45, 2.75) is 58.8 Å². The number of rotatable bonds is 13. The number of halogens is 2. The number of aromatic nitrogens is 5. The summed E-state index contributed by atoms with van der Waals surface area (Å²) in [6.07, 6.45) is 4.56. The summed E-state index contributed by atoms with van der Waals surface area (Å²) in [6, 6.07) is 10.7. The summed E-state index contributed by atoms with van der Waals surface area (Å²) in [5, 5.41) is 12.5. The van der Waals surface area contributed by atoms with Crippen molar-refractivity contribution in [1.29, 1.82) is 0 Å². The summed E-state index contributed by atoms with van der Waals surface area (Å²) in [5.41, 5.74) is 8.55. The predicted octanol–water partition coefficient (Wildman–Crippen LogP) is 6.88. The molecule has 4 N–H and O–H groups in total. The van der Waals surface area contributed by atoms with Gasteiger partial charge in [-0.3, -0.25) is 4.79 Å². The lowest BCUT2D eigenvalue weighted by Gasteiger charge is -2.12. The zero-order chi connectivity index (χ0) is 27.9. The van der Waals surface area contributed by atoms with Crippen LogP contribution in [0.15, 0.2) is 36.4 Å². The normalized spacial score (nSPS) is 11.3. The van der Waals surface area contributed by atoms with Gasteiger partial charge in [-0.1, -0.05) is 56.8 Å². The molecule has 4 rings (SSSR count). The van der Waals surface area contributed by atoms with E-state index in [1.165, 1.54) is 0 Å². The quantitative estimate of drug-likeness (QED) is 0.118. The SMILES string of the molecule is CCCC(CCC)c1nc2cc(-c3ccc(Cl)cc3Cl)nc(NCCNc3ccc(C(=O)CC)c(N)n3)n2n1. The van der Waals surface area contributed by atoms with Gasteiger partial charge in [0.15, 0.2) is 17.3 Å². The van der Waals surface area contributed by atoms with Crippen molar-refractivity contribution in [3.63, 3.8) is 0 Å². The number of hydrogen-bond donors (Lipinski definition) is 3. The van der Waals surface area contributed by atoms with Crippen LogP contribution in [0, 0.1) is 0 Å². The first-order valence-electron chi connectivity index (χ1n) is 13.3. The molecule has 0 unspecified atom stereocenters. The molecule has 0 aliphatic carbocycles. The molecule has 4 aromatic rings. The maximum absolute atomic E-state index is 12.0. The topological polar surface area (TPSA) is 123 Å². The van der Waals surface area contributed by atoms with Crippen molar-refractivity contribution >= 4 is 52.2 Å². The third-order valence-corrected chi connectivity index (χ3v) is 7.00. The summed E-state index contributed by atoms with van der Waals surface area (Å²) in [6.45, 7) is 7.20. The lowest BCUT2D eigenvalue weighted by molar-refractivity contribution is 0.0989. The molecule has 0 amide bonds. The summed E-state index contributed by atoms with van der Waals surface area (Å²) >= 11 is 12.6. The van der Waals surface area contributed by atoms with Gasteiger partial charge >= 0.3 is 0 Å². The lowest BCUT2D eigenvalue weighted by atomic mass is 9.98.